The van der Waals surface area contributed by atoms with Crippen molar-refractivity contribution in [2.45, 2.75) is 27.7 Å². The van der Waals surface area contributed by atoms with E-state index in [0.717, 1.165) is 47.3 Å². The van der Waals surface area contributed by atoms with Crippen LogP contribution in [0.5, 0.6) is 0 Å². The van der Waals surface area contributed by atoms with Crippen molar-refractivity contribution >= 4 is 42.8 Å². The van der Waals surface area contributed by atoms with E-state index in [0.29, 0.717) is 5.69 Å². The molecule has 1 aromatic heterocycles. The van der Waals surface area contributed by atoms with E-state index >= 15 is 0 Å². The summed E-state index contributed by atoms with van der Waals surface area (Å²) in [6.07, 6.45) is 3.35. The van der Waals surface area contributed by atoms with Crippen molar-refractivity contribution < 1.29 is 16.8 Å². The minimum Gasteiger partial charge on any atom is -0.370 e. The zero-order valence-corrected chi connectivity index (χ0v) is 17.7. The minimum atomic E-state index is -3.88. The van der Waals surface area contributed by atoms with Crippen LogP contribution in [0.25, 0.3) is 0 Å². The lowest BCUT2D eigenvalue weighted by Crippen LogP contribution is -2.30. The van der Waals surface area contributed by atoms with Gasteiger partial charge in [0.05, 0.1) is 11.4 Å². The predicted molar refractivity (Wildman–Crippen MR) is 109 cm³/mol. The second kappa shape index (κ2) is 7.78. The molecular weight excluding hydrogens is 406 g/mol. The Morgan fingerprint density at radius 1 is 0.926 bits per heavy atom. The fourth-order valence-corrected chi connectivity index (χ4v) is 6.94. The highest BCUT2D eigenvalue weighted by Gasteiger charge is 2.25. The molecule has 2 aromatic rings. The molecule has 1 fully saturated rings. The second-order valence-corrected chi connectivity index (χ2v) is 11.9. The largest absolute Gasteiger partial charge is 0.370 e. The number of sulfonamides is 2. The van der Waals surface area contributed by atoms with Crippen LogP contribution >= 0.6 is 11.3 Å². The van der Waals surface area contributed by atoms with Crippen LogP contribution in [0.15, 0.2) is 44.8 Å². The maximum Gasteiger partial charge on any atom is 0.271 e. The summed E-state index contributed by atoms with van der Waals surface area (Å²) in [5, 5.41) is 0. The van der Waals surface area contributed by atoms with Gasteiger partial charge < -0.3 is 4.90 Å². The molecular formula is C17H23N3O4S3. The van der Waals surface area contributed by atoms with Crippen LogP contribution in [0.4, 0.5) is 11.4 Å². The third-order valence-corrected chi connectivity index (χ3v) is 9.63. The highest BCUT2D eigenvalue weighted by Crippen LogP contribution is 2.32. The number of nitrogens with one attached hydrogen (secondary N) is 1. The van der Waals surface area contributed by atoms with E-state index in [2.05, 4.69) is 9.62 Å². The highest BCUT2D eigenvalue weighted by molar-refractivity contribution is 7.96. The molecule has 1 aromatic carbocycles. The Bertz CT molecular complexity index is 1010. The average molecular weight is 430 g/mol. The van der Waals surface area contributed by atoms with Crippen molar-refractivity contribution in [3.05, 3.63) is 36.4 Å². The number of thiophene rings is 1. The Morgan fingerprint density at radius 3 is 2.22 bits per heavy atom. The Morgan fingerprint density at radius 2 is 1.56 bits per heavy atom. The van der Waals surface area contributed by atoms with Crippen molar-refractivity contribution in [2.75, 3.05) is 36.8 Å². The summed E-state index contributed by atoms with van der Waals surface area (Å²) in [5.74, 6) is 0. The van der Waals surface area contributed by atoms with Crippen LogP contribution in [-0.4, -0.2) is 48.3 Å². The summed E-state index contributed by atoms with van der Waals surface area (Å²) in [6.45, 7) is 1.78. The van der Waals surface area contributed by atoms with Gasteiger partial charge in [0.2, 0.25) is 0 Å². The molecule has 1 N–H and O–H groups in total. The second-order valence-electron chi connectivity index (χ2n) is 6.53. The summed E-state index contributed by atoms with van der Waals surface area (Å²) in [6, 6.07) is 9.94. The van der Waals surface area contributed by atoms with Crippen LogP contribution in [0.2, 0.25) is 0 Å². The number of anilines is 2. The molecule has 1 saturated heterocycles. The minimum absolute atomic E-state index is 0.00260. The van der Waals surface area contributed by atoms with Gasteiger partial charge in [0.15, 0.2) is 0 Å². The van der Waals surface area contributed by atoms with Gasteiger partial charge in [0, 0.05) is 27.2 Å². The molecule has 10 heteroatoms. The Labute approximate surface area is 164 Å². The first-order valence-electron chi connectivity index (χ1n) is 8.61. The molecule has 0 unspecified atom stereocenters. The van der Waals surface area contributed by atoms with Gasteiger partial charge in [0.25, 0.3) is 20.0 Å². The number of hydrogen-bond acceptors (Lipinski definition) is 6. The van der Waals surface area contributed by atoms with Crippen molar-refractivity contribution in [1.29, 1.82) is 0 Å². The fraction of sp³-hybridized carbons (Fsp3) is 0.412. The van der Waals surface area contributed by atoms with E-state index in [4.69, 9.17) is 0 Å². The Balaban J connectivity index is 1.89. The van der Waals surface area contributed by atoms with Crippen LogP contribution in [0, 0.1) is 0 Å². The van der Waals surface area contributed by atoms with Gasteiger partial charge in [-0.25, -0.2) is 21.1 Å². The monoisotopic (exact) mass is 429 g/mol. The van der Waals surface area contributed by atoms with Crippen LogP contribution in [0.1, 0.15) is 19.3 Å². The maximum absolute atomic E-state index is 12.8. The molecule has 7 nitrogen and oxygen atoms in total. The van der Waals surface area contributed by atoms with Gasteiger partial charge in [-0.15, -0.1) is 11.3 Å². The summed E-state index contributed by atoms with van der Waals surface area (Å²) >= 11 is 0.742. The molecule has 0 amide bonds. The first-order chi connectivity index (χ1) is 12.7. The van der Waals surface area contributed by atoms with Crippen LogP contribution in [-0.2, 0) is 20.0 Å². The molecule has 1 aliphatic heterocycles. The number of piperidine rings is 1. The third kappa shape index (κ3) is 4.29. The lowest BCUT2D eigenvalue weighted by molar-refractivity contribution is 0.523. The van der Waals surface area contributed by atoms with Crippen molar-refractivity contribution in [2.24, 2.45) is 0 Å². The zero-order chi connectivity index (χ0) is 19.7. The first-order valence-corrected chi connectivity index (χ1v) is 12.3. The highest BCUT2D eigenvalue weighted by atomic mass is 32.3. The van der Waals surface area contributed by atoms with Crippen LogP contribution in [0.3, 0.4) is 0 Å². The third-order valence-electron chi connectivity index (χ3n) is 4.40. The average Bonchev–Trinajstić information content (AvgIpc) is 3.14. The first kappa shape index (κ1) is 20.1. The molecule has 0 radical (unpaired) electrons. The lowest BCUT2D eigenvalue weighted by Gasteiger charge is -2.30. The van der Waals surface area contributed by atoms with Crippen LogP contribution < -0.4 is 9.62 Å². The Kier molecular flexibility index (Phi) is 5.80. The fourth-order valence-electron chi connectivity index (χ4n) is 2.93. The quantitative estimate of drug-likeness (QED) is 0.763. The van der Waals surface area contributed by atoms with Gasteiger partial charge in [-0.05, 0) is 43.5 Å². The molecule has 0 aliphatic carbocycles. The van der Waals surface area contributed by atoms with Crippen molar-refractivity contribution in [3.63, 3.8) is 0 Å². The van der Waals surface area contributed by atoms with Crippen molar-refractivity contribution in [3.8, 4) is 0 Å². The van der Waals surface area contributed by atoms with E-state index < -0.39 is 20.0 Å². The molecule has 0 atom stereocenters. The lowest BCUT2D eigenvalue weighted by atomic mass is 10.1. The van der Waals surface area contributed by atoms with E-state index in [-0.39, 0.29) is 8.42 Å². The number of nitrogens with zero attached hydrogens (tertiary/aromatic N) is 2. The summed E-state index contributed by atoms with van der Waals surface area (Å²) in [7, 11) is -4.72. The smallest absolute Gasteiger partial charge is 0.271 e. The molecule has 148 valence electrons. The van der Waals surface area contributed by atoms with E-state index in [1.165, 1.54) is 32.6 Å². The number of benzene rings is 1. The molecule has 0 saturated carbocycles. The molecule has 2 heterocycles. The molecule has 0 spiro atoms. The topological polar surface area (TPSA) is 86.8 Å². The number of hydrogen-bond donors (Lipinski definition) is 1. The van der Waals surface area contributed by atoms with Gasteiger partial charge >= 0.3 is 0 Å². The standard InChI is InChI=1S/C17H23N3O4S3/c1-19(2)27(23,24)17-11-10-16(25-17)26(21,22)18-14-8-4-5-9-15(14)20-12-6-3-7-13-20/h4-5,8-11,18H,3,6-7,12-13H2,1-2H3. The summed E-state index contributed by atoms with van der Waals surface area (Å²) < 4.78 is 53.7. The SMILES string of the molecule is CN(C)S(=O)(=O)c1ccc(S(=O)(=O)Nc2ccccc2N2CCCCC2)s1. The predicted octanol–water partition coefficient (Wildman–Crippen LogP) is 2.79. The molecule has 27 heavy (non-hydrogen) atoms. The zero-order valence-electron chi connectivity index (χ0n) is 15.3. The van der Waals surface area contributed by atoms with E-state index in [1.807, 2.05) is 12.1 Å². The van der Waals surface area contributed by atoms with Gasteiger partial charge in [-0.1, -0.05) is 12.1 Å². The number of para-hydroxylation sites is 2. The van der Waals surface area contributed by atoms with Gasteiger partial charge in [0.1, 0.15) is 8.42 Å². The van der Waals surface area contributed by atoms with Gasteiger partial charge in [-0.2, -0.15) is 0 Å². The normalized spacial score (nSPS) is 15.9. The van der Waals surface area contributed by atoms with E-state index in [9.17, 15) is 16.8 Å². The molecule has 1 aliphatic rings. The van der Waals surface area contributed by atoms with Crippen molar-refractivity contribution in [1.82, 2.24) is 4.31 Å². The molecule has 0 bridgehead atoms. The Hall–Kier alpha value is -1.62. The van der Waals surface area contributed by atoms with E-state index in [1.54, 1.807) is 12.1 Å². The summed E-state index contributed by atoms with van der Waals surface area (Å²) in [4.78, 5) is 2.18. The van der Waals surface area contributed by atoms with Gasteiger partial charge in [-0.3, -0.25) is 4.72 Å². The molecule has 3 rings (SSSR count). The maximum atomic E-state index is 12.8. The summed E-state index contributed by atoms with van der Waals surface area (Å²) in [5.41, 5.74) is 1.35. The number of rotatable bonds is 6.